The van der Waals surface area contributed by atoms with Gasteiger partial charge in [-0.3, -0.25) is 9.05 Å². The van der Waals surface area contributed by atoms with Crippen molar-refractivity contribution in [2.45, 2.75) is 73.4 Å². The van der Waals surface area contributed by atoms with Gasteiger partial charge in [0.05, 0.1) is 12.8 Å². The van der Waals surface area contributed by atoms with Gasteiger partial charge < -0.3 is 4.89 Å². The molecule has 0 bridgehead atoms. The van der Waals surface area contributed by atoms with Crippen LogP contribution >= 0.6 is 7.82 Å². The average molecular weight is 626 g/mol. The van der Waals surface area contributed by atoms with E-state index in [1.807, 2.05) is 0 Å². The summed E-state index contributed by atoms with van der Waals surface area (Å²) in [6, 6.07) is 0. The smallest absolute Gasteiger partial charge is 0.302 e. The van der Waals surface area contributed by atoms with Crippen LogP contribution in [0, 0.1) is 0 Å². The number of hydrogen-bond donors (Lipinski definition) is 1. The van der Waals surface area contributed by atoms with Gasteiger partial charge in [0.15, 0.2) is 0 Å². The third-order valence-corrected chi connectivity index (χ3v) is 4.74. The minimum atomic E-state index is -7.58. The predicted molar refractivity (Wildman–Crippen MR) is 72.8 cm³/mol. The molecule has 0 radical (unpaired) electrons. The SMILES string of the molecule is O=P(O)(OC(F)CC(F)(F)C(F)(F)C(F)(F)C(F)(F)F)OC(F)CC(F)(F)C(F)(F)C(F)(F)C(F)(F)F. The highest BCUT2D eigenvalue weighted by molar-refractivity contribution is 7.47. The third-order valence-electron chi connectivity index (χ3n) is 3.75. The van der Waals surface area contributed by atoms with Crippen LogP contribution in [-0.2, 0) is 13.6 Å². The summed E-state index contributed by atoms with van der Waals surface area (Å²) in [5.74, 6) is -43.8. The van der Waals surface area contributed by atoms with Crippen LogP contribution in [0.3, 0.4) is 0 Å². The van der Waals surface area contributed by atoms with Crippen LogP contribution in [0.5, 0.6) is 0 Å². The molecule has 0 aromatic rings. The van der Waals surface area contributed by atoms with Crippen molar-refractivity contribution < 1.29 is 106 Å². The maximum absolute atomic E-state index is 13.3. The summed E-state index contributed by atoms with van der Waals surface area (Å²) in [5, 5.41) is 0. The van der Waals surface area contributed by atoms with Crippen molar-refractivity contribution in [3.05, 3.63) is 0 Å². The Labute approximate surface area is 189 Å². The van der Waals surface area contributed by atoms with Gasteiger partial charge in [-0.1, -0.05) is 0 Å². The first-order valence-electron chi connectivity index (χ1n) is 8.08. The number of halogens is 20. The summed E-state index contributed by atoms with van der Waals surface area (Å²) in [6.07, 6.45) is -31.4. The van der Waals surface area contributed by atoms with E-state index in [4.69, 9.17) is 4.89 Å². The van der Waals surface area contributed by atoms with E-state index in [2.05, 4.69) is 9.05 Å². The number of alkyl halides is 20. The predicted octanol–water partition coefficient (Wildman–Crippen LogP) is 7.43. The second kappa shape index (κ2) is 10.0. The minimum absolute atomic E-state index is 2.74. The number of hydrogen-bond acceptors (Lipinski definition) is 3. The van der Waals surface area contributed by atoms with E-state index >= 15 is 0 Å². The van der Waals surface area contributed by atoms with Gasteiger partial charge >= 0.3 is 55.7 Å². The number of phosphoric acid groups is 1. The molecule has 37 heavy (non-hydrogen) atoms. The standard InChI is InChI=1S/C12H7F20O4P/c13-3(1-5(15,16)7(19,20)9(23,24)11(27,28)29)35-37(33,34)36-4(14)2-6(17,18)8(21,22)10(25,26)12(30,31)32/h3-4H,1-2H2,(H,33,34). The van der Waals surface area contributed by atoms with Gasteiger partial charge in [0, 0.05) is 0 Å². The fraction of sp³-hybridized carbons (Fsp3) is 1.00. The summed E-state index contributed by atoms with van der Waals surface area (Å²) in [5.41, 5.74) is 0. The monoisotopic (exact) mass is 626 g/mol. The lowest BCUT2D eigenvalue weighted by atomic mass is 10.0. The molecule has 0 saturated heterocycles. The molecule has 0 saturated carbocycles. The Morgan fingerprint density at radius 1 is 0.514 bits per heavy atom. The van der Waals surface area contributed by atoms with Crippen molar-refractivity contribution in [2.75, 3.05) is 0 Å². The largest absolute Gasteiger partial charge is 0.477 e. The Balaban J connectivity index is 5.58. The molecule has 2 unspecified atom stereocenters. The number of phosphoric ester groups is 1. The van der Waals surface area contributed by atoms with Crippen molar-refractivity contribution in [1.82, 2.24) is 0 Å². The van der Waals surface area contributed by atoms with Crippen LogP contribution < -0.4 is 0 Å². The van der Waals surface area contributed by atoms with Crippen LogP contribution in [-0.4, -0.2) is 65.5 Å². The normalized spacial score (nSPS) is 18.9. The molecule has 0 amide bonds. The summed E-state index contributed by atoms with van der Waals surface area (Å²) in [6.45, 7) is 0. The van der Waals surface area contributed by atoms with Gasteiger partial charge in [-0.05, 0) is 0 Å². The first kappa shape index (κ1) is 35.7. The van der Waals surface area contributed by atoms with E-state index in [1.165, 1.54) is 0 Å². The molecule has 0 heterocycles. The maximum atomic E-state index is 13.3. The summed E-state index contributed by atoms with van der Waals surface area (Å²) in [7, 11) is -6.95. The van der Waals surface area contributed by atoms with Gasteiger partial charge in [0.1, 0.15) is 0 Å². The van der Waals surface area contributed by atoms with Gasteiger partial charge in [0.2, 0.25) is 12.7 Å². The van der Waals surface area contributed by atoms with Crippen LogP contribution in [0.4, 0.5) is 87.8 Å². The summed E-state index contributed by atoms with van der Waals surface area (Å²) in [4.78, 5) is 8.74. The Kier molecular flexibility index (Phi) is 9.68. The van der Waals surface area contributed by atoms with Crippen LogP contribution in [0.25, 0.3) is 0 Å². The Hall–Kier alpha value is -1.29. The molecule has 4 nitrogen and oxygen atoms in total. The zero-order valence-electron chi connectivity index (χ0n) is 16.2. The van der Waals surface area contributed by atoms with Gasteiger partial charge in [-0.2, -0.15) is 79.0 Å². The van der Waals surface area contributed by atoms with Crippen LogP contribution in [0.1, 0.15) is 12.8 Å². The molecule has 25 heteroatoms. The van der Waals surface area contributed by atoms with Crippen molar-refractivity contribution in [3.63, 3.8) is 0 Å². The van der Waals surface area contributed by atoms with E-state index in [9.17, 15) is 92.4 Å². The lowest BCUT2D eigenvalue weighted by molar-refractivity contribution is -0.399. The minimum Gasteiger partial charge on any atom is -0.302 e. The summed E-state index contributed by atoms with van der Waals surface area (Å²) < 4.78 is 270. The molecule has 0 aliphatic rings. The second-order valence-electron chi connectivity index (χ2n) is 6.61. The van der Waals surface area contributed by atoms with Gasteiger partial charge in [-0.15, -0.1) is 0 Å². The number of rotatable bonds is 12. The lowest BCUT2D eigenvalue weighted by Gasteiger charge is -2.34. The highest BCUT2D eigenvalue weighted by atomic mass is 31.2. The summed E-state index contributed by atoms with van der Waals surface area (Å²) >= 11 is 0. The third kappa shape index (κ3) is 7.02. The molecule has 0 fully saturated rings. The molecule has 0 aromatic carbocycles. The molecular weight excluding hydrogens is 619 g/mol. The first-order chi connectivity index (χ1) is 15.7. The van der Waals surface area contributed by atoms with Crippen molar-refractivity contribution >= 4 is 7.82 Å². The maximum Gasteiger partial charge on any atom is 0.477 e. The Morgan fingerprint density at radius 3 is 0.919 bits per heavy atom. The highest BCUT2D eigenvalue weighted by Crippen LogP contribution is 2.57. The van der Waals surface area contributed by atoms with E-state index in [-0.39, 0.29) is 0 Å². The fourth-order valence-corrected chi connectivity index (χ4v) is 2.64. The molecule has 0 aromatic heterocycles. The second-order valence-corrected chi connectivity index (χ2v) is 7.97. The quantitative estimate of drug-likeness (QED) is 0.181. The average Bonchev–Trinajstić information content (AvgIpc) is 2.56. The van der Waals surface area contributed by atoms with Crippen molar-refractivity contribution in [2.24, 2.45) is 0 Å². The van der Waals surface area contributed by atoms with E-state index in [0.29, 0.717) is 0 Å². The molecule has 0 rings (SSSR count). The van der Waals surface area contributed by atoms with E-state index in [0.717, 1.165) is 0 Å². The molecule has 0 aliphatic heterocycles. The highest BCUT2D eigenvalue weighted by Gasteiger charge is 2.83. The molecule has 1 N–H and O–H groups in total. The lowest BCUT2D eigenvalue weighted by Crippen LogP contribution is -2.61. The molecule has 0 spiro atoms. The fourth-order valence-electron chi connectivity index (χ4n) is 1.86. The first-order valence-corrected chi connectivity index (χ1v) is 9.58. The molecule has 224 valence electrons. The zero-order valence-corrected chi connectivity index (χ0v) is 17.1. The van der Waals surface area contributed by atoms with E-state index in [1.54, 1.807) is 0 Å². The zero-order chi connectivity index (χ0) is 30.5. The van der Waals surface area contributed by atoms with Crippen molar-refractivity contribution in [1.29, 1.82) is 0 Å². The molecular formula is C12H7F20O4P. The topological polar surface area (TPSA) is 55.8 Å². The van der Waals surface area contributed by atoms with E-state index < -0.39 is 81.3 Å². The van der Waals surface area contributed by atoms with Gasteiger partial charge in [0.25, 0.3) is 0 Å². The van der Waals surface area contributed by atoms with Crippen LogP contribution in [0.2, 0.25) is 0 Å². The van der Waals surface area contributed by atoms with Gasteiger partial charge in [-0.25, -0.2) is 13.3 Å². The molecule has 0 aliphatic carbocycles. The molecule has 2 atom stereocenters. The van der Waals surface area contributed by atoms with Crippen LogP contribution in [0.15, 0.2) is 0 Å². The Morgan fingerprint density at radius 2 is 0.730 bits per heavy atom. The van der Waals surface area contributed by atoms with Crippen molar-refractivity contribution in [3.8, 4) is 0 Å². The Bertz CT molecular complexity index is 770.